The van der Waals surface area contributed by atoms with Crippen molar-refractivity contribution in [1.82, 2.24) is 0 Å². The molecular formula is C31H58. The van der Waals surface area contributed by atoms with Crippen molar-refractivity contribution in [2.45, 2.75) is 129 Å². The molecule has 0 nitrogen and oxygen atoms in total. The van der Waals surface area contributed by atoms with Gasteiger partial charge in [0.05, 0.1) is 0 Å². The second-order valence-corrected chi connectivity index (χ2v) is 6.32. The molecule has 0 heterocycles. The Balaban J connectivity index is -0.000000329. The number of unbranched alkanes of at least 4 members (excludes halogenated alkanes) is 1. The molecule has 1 aliphatic rings. The molecule has 0 bridgehead atoms. The molecule has 0 radical (unpaired) electrons. The van der Waals surface area contributed by atoms with Gasteiger partial charge in [-0.3, -0.25) is 0 Å². The summed E-state index contributed by atoms with van der Waals surface area (Å²) in [6.45, 7) is 22.9. The molecule has 0 aliphatic heterocycles. The predicted octanol–water partition coefficient (Wildman–Crippen LogP) is 11.5. The maximum absolute atomic E-state index is 2.46. The lowest BCUT2D eigenvalue weighted by atomic mass is 9.74. The van der Waals surface area contributed by atoms with Crippen molar-refractivity contribution in [2.75, 3.05) is 0 Å². The largest absolute Gasteiger partial charge is 0.0776 e. The van der Waals surface area contributed by atoms with Gasteiger partial charge >= 0.3 is 0 Å². The van der Waals surface area contributed by atoms with Crippen LogP contribution in [0.2, 0.25) is 0 Å². The Kier molecular flexibility index (Phi) is 25.7. The highest BCUT2D eigenvalue weighted by molar-refractivity contribution is 5.81. The average Bonchev–Trinajstić information content (AvgIpc) is 3.12. The van der Waals surface area contributed by atoms with Crippen molar-refractivity contribution in [2.24, 2.45) is 0 Å². The van der Waals surface area contributed by atoms with Crippen LogP contribution in [-0.2, 0) is 11.8 Å². The molecule has 0 spiro atoms. The summed E-state index contributed by atoms with van der Waals surface area (Å²) < 4.78 is 0. The Morgan fingerprint density at radius 1 is 0.613 bits per heavy atom. The van der Waals surface area contributed by atoms with Crippen LogP contribution in [0.3, 0.4) is 0 Å². The van der Waals surface area contributed by atoms with E-state index in [9.17, 15) is 0 Å². The number of hydrogen-bond acceptors (Lipinski definition) is 0. The number of rotatable bonds is 5. The molecule has 0 heteroatoms. The van der Waals surface area contributed by atoms with Crippen LogP contribution in [0.25, 0.3) is 11.1 Å². The summed E-state index contributed by atoms with van der Waals surface area (Å²) >= 11 is 0. The number of fused-ring (bicyclic) bond motifs is 3. The topological polar surface area (TPSA) is 0 Å². The van der Waals surface area contributed by atoms with E-state index in [1.165, 1.54) is 54.4 Å². The monoisotopic (exact) mass is 430 g/mol. The van der Waals surface area contributed by atoms with Crippen molar-refractivity contribution < 1.29 is 0 Å². The Morgan fingerprint density at radius 2 is 1.10 bits per heavy atom. The number of benzene rings is 2. The van der Waals surface area contributed by atoms with E-state index in [2.05, 4.69) is 63.2 Å². The molecule has 0 aromatic heterocycles. The molecule has 2 aromatic rings. The average molecular weight is 431 g/mol. The van der Waals surface area contributed by atoms with E-state index in [1.807, 2.05) is 55.4 Å². The Morgan fingerprint density at radius 3 is 1.58 bits per heavy atom. The second-order valence-electron chi connectivity index (χ2n) is 6.32. The van der Waals surface area contributed by atoms with Crippen molar-refractivity contribution in [3.05, 3.63) is 59.2 Å². The minimum absolute atomic E-state index is 0. The normalized spacial score (nSPS) is 10.8. The lowest BCUT2D eigenvalue weighted by Gasteiger charge is -2.29. The van der Waals surface area contributed by atoms with Crippen molar-refractivity contribution >= 4 is 0 Å². The molecule has 1 aliphatic carbocycles. The molecule has 2 aromatic carbocycles. The fourth-order valence-electron chi connectivity index (χ4n) is 4.06. The first-order valence-corrected chi connectivity index (χ1v) is 12.5. The first-order chi connectivity index (χ1) is 14.3. The van der Waals surface area contributed by atoms with Gasteiger partial charge in [0.25, 0.3) is 0 Å². The minimum atomic E-state index is 0. The Bertz CT molecular complexity index is 632. The molecule has 0 saturated carbocycles. The van der Waals surface area contributed by atoms with Crippen LogP contribution in [0.4, 0.5) is 0 Å². The van der Waals surface area contributed by atoms with Crippen molar-refractivity contribution in [3.63, 3.8) is 0 Å². The lowest BCUT2D eigenvalue weighted by Crippen LogP contribution is -2.22. The second kappa shape index (κ2) is 21.7. The molecule has 31 heavy (non-hydrogen) atoms. The molecule has 3 rings (SSSR count). The zero-order chi connectivity index (χ0) is 22.9. The third-order valence-electron chi connectivity index (χ3n) is 5.36. The van der Waals surface area contributed by atoms with Gasteiger partial charge in [0.1, 0.15) is 0 Å². The molecular weight excluding hydrogens is 372 g/mol. The van der Waals surface area contributed by atoms with Crippen LogP contribution in [0, 0.1) is 0 Å². The highest BCUT2D eigenvalue weighted by Crippen LogP contribution is 2.52. The third-order valence-corrected chi connectivity index (χ3v) is 5.36. The van der Waals surface area contributed by atoms with E-state index in [0.717, 1.165) is 0 Å². The summed E-state index contributed by atoms with van der Waals surface area (Å²) in [5.41, 5.74) is 7.77. The Labute approximate surface area is 198 Å². The molecule has 182 valence electrons. The van der Waals surface area contributed by atoms with E-state index in [1.54, 1.807) is 5.56 Å². The van der Waals surface area contributed by atoms with Gasteiger partial charge in [-0.2, -0.15) is 0 Å². The van der Waals surface area contributed by atoms with E-state index in [4.69, 9.17) is 0 Å². The SMILES string of the molecule is C.C.CC.CC.CC.CC.CCCCc1ccc2c(c1)-c1ccccc1C2(CC)CC. The molecule has 0 N–H and O–H groups in total. The smallest absolute Gasteiger partial charge is 0.0210 e. The highest BCUT2D eigenvalue weighted by atomic mass is 14.4. The van der Waals surface area contributed by atoms with E-state index < -0.39 is 0 Å². The van der Waals surface area contributed by atoms with Crippen LogP contribution < -0.4 is 0 Å². The first-order valence-electron chi connectivity index (χ1n) is 12.5. The van der Waals surface area contributed by atoms with E-state index in [0.29, 0.717) is 0 Å². The van der Waals surface area contributed by atoms with Crippen LogP contribution in [0.15, 0.2) is 42.5 Å². The summed E-state index contributed by atoms with van der Waals surface area (Å²) in [5.74, 6) is 0. The van der Waals surface area contributed by atoms with Gasteiger partial charge in [0.2, 0.25) is 0 Å². The quantitative estimate of drug-likeness (QED) is 0.442. The molecule has 0 amide bonds. The summed E-state index contributed by atoms with van der Waals surface area (Å²) in [5, 5.41) is 0. The maximum Gasteiger partial charge on any atom is 0.0210 e. The van der Waals surface area contributed by atoms with Gasteiger partial charge in [-0.25, -0.2) is 0 Å². The Hall–Kier alpha value is -1.56. The van der Waals surface area contributed by atoms with Crippen LogP contribution in [-0.4, -0.2) is 0 Å². The molecule has 0 unspecified atom stereocenters. The minimum Gasteiger partial charge on any atom is -0.0776 e. The summed E-state index contributed by atoms with van der Waals surface area (Å²) in [6, 6.07) is 16.3. The number of aryl methyl sites for hydroxylation is 1. The summed E-state index contributed by atoms with van der Waals surface area (Å²) in [4.78, 5) is 0. The zero-order valence-corrected chi connectivity index (χ0v) is 21.6. The maximum atomic E-state index is 2.46. The fraction of sp³-hybridized carbons (Fsp3) is 0.613. The van der Waals surface area contributed by atoms with Crippen LogP contribution >= 0.6 is 0 Å². The van der Waals surface area contributed by atoms with Crippen LogP contribution in [0.1, 0.15) is 133 Å². The number of hydrogen-bond donors (Lipinski definition) is 0. The molecule has 0 atom stereocenters. The van der Waals surface area contributed by atoms with Gasteiger partial charge < -0.3 is 0 Å². The first kappa shape index (κ1) is 36.8. The fourth-order valence-corrected chi connectivity index (χ4v) is 4.06. The van der Waals surface area contributed by atoms with Gasteiger partial charge in [-0.15, -0.1) is 0 Å². The van der Waals surface area contributed by atoms with E-state index >= 15 is 0 Å². The third kappa shape index (κ3) is 8.47. The van der Waals surface area contributed by atoms with Crippen LogP contribution in [0.5, 0.6) is 0 Å². The highest BCUT2D eigenvalue weighted by Gasteiger charge is 2.39. The zero-order valence-electron chi connectivity index (χ0n) is 21.6. The van der Waals surface area contributed by atoms with Crippen molar-refractivity contribution in [3.8, 4) is 11.1 Å². The summed E-state index contributed by atoms with van der Waals surface area (Å²) in [6.07, 6.45) is 6.12. The predicted molar refractivity (Wildman–Crippen MR) is 151 cm³/mol. The lowest BCUT2D eigenvalue weighted by molar-refractivity contribution is 0.490. The molecule has 0 saturated heterocycles. The standard InChI is InChI=1S/C21H26.4C2H6.2CH4/c1-4-7-10-16-13-14-20-18(15-16)17-11-8-9-12-19(17)21(20,5-2)6-3;4*1-2;;/h8-9,11-15H,4-7,10H2,1-3H3;4*1-2H3;2*1H4. The van der Waals surface area contributed by atoms with Gasteiger partial charge in [-0.05, 0) is 53.5 Å². The van der Waals surface area contributed by atoms with Gasteiger partial charge in [-0.1, -0.05) is 140 Å². The van der Waals surface area contributed by atoms with Gasteiger partial charge in [0, 0.05) is 5.41 Å². The molecule has 0 fully saturated rings. The van der Waals surface area contributed by atoms with E-state index in [-0.39, 0.29) is 20.3 Å². The van der Waals surface area contributed by atoms with Gasteiger partial charge in [0.15, 0.2) is 0 Å². The van der Waals surface area contributed by atoms with Crippen molar-refractivity contribution in [1.29, 1.82) is 0 Å². The summed E-state index contributed by atoms with van der Waals surface area (Å²) in [7, 11) is 0.